The molecule has 1 saturated heterocycles. The maximum atomic E-state index is 13.8. The van der Waals surface area contributed by atoms with Crippen LogP contribution in [0.15, 0.2) is 91.4 Å². The zero-order valence-electron chi connectivity index (χ0n) is 21.3. The highest BCUT2D eigenvalue weighted by atomic mass is 19.1. The minimum atomic E-state index is -0.520. The van der Waals surface area contributed by atoms with E-state index in [-0.39, 0.29) is 17.5 Å². The minimum Gasteiger partial charge on any atom is -0.343 e. The van der Waals surface area contributed by atoms with Gasteiger partial charge in [0.05, 0.1) is 35.4 Å². The number of carbonyl (C=O) groups excluding carboxylic acids is 2. The Hall–Kier alpha value is -4.92. The van der Waals surface area contributed by atoms with Gasteiger partial charge in [-0.1, -0.05) is 36.8 Å². The maximum Gasteiger partial charge on any atom is 0.289 e. The van der Waals surface area contributed by atoms with Crippen molar-refractivity contribution < 1.29 is 14.0 Å². The van der Waals surface area contributed by atoms with Crippen LogP contribution in [0.1, 0.15) is 34.7 Å². The van der Waals surface area contributed by atoms with Crippen molar-refractivity contribution in [2.24, 2.45) is 5.92 Å². The summed E-state index contributed by atoms with van der Waals surface area (Å²) >= 11 is 0. The first-order valence-corrected chi connectivity index (χ1v) is 12.6. The van der Waals surface area contributed by atoms with Crippen molar-refractivity contribution >= 4 is 28.4 Å². The molecule has 2 amide bonds. The van der Waals surface area contributed by atoms with Crippen molar-refractivity contribution in [1.82, 2.24) is 25.1 Å². The van der Waals surface area contributed by atoms with Crippen LogP contribution in [0.2, 0.25) is 0 Å². The monoisotopic (exact) mass is 520 g/mol. The van der Waals surface area contributed by atoms with Gasteiger partial charge in [0.25, 0.3) is 5.91 Å². The van der Waals surface area contributed by atoms with Gasteiger partial charge < -0.3 is 10.2 Å². The van der Waals surface area contributed by atoms with Gasteiger partial charge in [-0.2, -0.15) is 5.10 Å². The third-order valence-electron chi connectivity index (χ3n) is 7.14. The minimum absolute atomic E-state index is 0.0493. The Morgan fingerprint density at radius 3 is 2.44 bits per heavy atom. The largest absolute Gasteiger partial charge is 0.343 e. The van der Waals surface area contributed by atoms with Crippen LogP contribution in [-0.4, -0.2) is 37.6 Å². The smallest absolute Gasteiger partial charge is 0.289 e. The summed E-state index contributed by atoms with van der Waals surface area (Å²) < 4.78 is 15.2. The van der Waals surface area contributed by atoms with E-state index >= 15 is 0 Å². The number of anilines is 1. The van der Waals surface area contributed by atoms with Crippen LogP contribution >= 0.6 is 0 Å². The summed E-state index contributed by atoms with van der Waals surface area (Å²) in [5, 5.41) is 8.35. The van der Waals surface area contributed by atoms with Gasteiger partial charge in [-0.05, 0) is 61.0 Å². The Balaban J connectivity index is 1.41. The van der Waals surface area contributed by atoms with Crippen molar-refractivity contribution in [3.05, 3.63) is 114 Å². The lowest BCUT2D eigenvalue weighted by atomic mass is 9.93. The fourth-order valence-electron chi connectivity index (χ4n) is 5.24. The number of carbonyl (C=O) groups is 2. The number of nitrogens with zero attached hydrogens (tertiary/aromatic N) is 5. The fourth-order valence-corrected chi connectivity index (χ4v) is 5.24. The normalized spacial score (nSPS) is 19.0. The number of halogens is 1. The molecule has 6 rings (SSSR count). The molecule has 0 radical (unpaired) electrons. The molecule has 1 fully saturated rings. The van der Waals surface area contributed by atoms with Crippen molar-refractivity contribution in [1.29, 1.82) is 0 Å². The summed E-state index contributed by atoms with van der Waals surface area (Å²) in [6.07, 6.45) is 4.74. The second kappa shape index (κ2) is 9.75. The van der Waals surface area contributed by atoms with E-state index in [0.717, 1.165) is 27.7 Å². The number of hydrogen-bond acceptors (Lipinski definition) is 5. The summed E-state index contributed by atoms with van der Waals surface area (Å²) in [6.45, 7) is 3.82. The van der Waals surface area contributed by atoms with Gasteiger partial charge in [0.2, 0.25) is 11.7 Å². The van der Waals surface area contributed by atoms with Crippen LogP contribution in [0.3, 0.4) is 0 Å². The van der Waals surface area contributed by atoms with E-state index in [1.54, 1.807) is 34.0 Å². The van der Waals surface area contributed by atoms with E-state index in [1.165, 1.54) is 24.5 Å². The van der Waals surface area contributed by atoms with Crippen molar-refractivity contribution in [3.8, 4) is 5.69 Å². The molecule has 0 bridgehead atoms. The van der Waals surface area contributed by atoms with Crippen LogP contribution in [0, 0.1) is 18.7 Å². The van der Waals surface area contributed by atoms with Gasteiger partial charge in [0.1, 0.15) is 5.82 Å². The van der Waals surface area contributed by atoms with E-state index in [4.69, 9.17) is 0 Å². The molecular weight excluding hydrogens is 495 g/mol. The van der Waals surface area contributed by atoms with Gasteiger partial charge in [-0.3, -0.25) is 9.59 Å². The average Bonchev–Trinajstić information content (AvgIpc) is 3.48. The third kappa shape index (κ3) is 4.41. The molecular formula is C30H25FN6O2. The average molecular weight is 521 g/mol. The van der Waals surface area contributed by atoms with Crippen LogP contribution in [0.4, 0.5) is 10.1 Å². The van der Waals surface area contributed by atoms with Gasteiger partial charge in [-0.25, -0.2) is 19.0 Å². The second-order valence-electron chi connectivity index (χ2n) is 9.70. The molecule has 2 aromatic heterocycles. The third-order valence-corrected chi connectivity index (χ3v) is 7.14. The standard InChI is InChI=1S/C30H25FN6O2/c1-18-5-3-6-20(15-18)27-26(35-29(38)28-32-13-4-14-33-28)19(2)30(39)36(27)24-11-12-25-21(16-24)17-34-37(25)23-9-7-22(31)8-10-23/h3-17,19,26-27H,1-2H3,(H,35,38)/t19-,26+,27-/m1/s1. The van der Waals surface area contributed by atoms with Crippen molar-refractivity contribution in [2.45, 2.75) is 25.9 Å². The molecule has 3 aromatic carbocycles. The topological polar surface area (TPSA) is 93.0 Å². The first-order valence-electron chi connectivity index (χ1n) is 12.6. The zero-order chi connectivity index (χ0) is 27.1. The molecule has 3 heterocycles. The SMILES string of the molecule is Cc1cccc([C@@H]2[C@@H](NC(=O)c3ncccn3)[C@@H](C)C(=O)N2c2ccc3c(cnn3-c3ccc(F)cc3)c2)c1. The van der Waals surface area contributed by atoms with Crippen LogP contribution in [0.25, 0.3) is 16.6 Å². The summed E-state index contributed by atoms with van der Waals surface area (Å²) in [6, 6.07) is 20.4. The number of amides is 2. The molecule has 3 atom stereocenters. The van der Waals surface area contributed by atoms with Crippen LogP contribution in [0.5, 0.6) is 0 Å². The Kier molecular flexibility index (Phi) is 6.11. The van der Waals surface area contributed by atoms with E-state index in [0.29, 0.717) is 5.69 Å². The zero-order valence-corrected chi connectivity index (χ0v) is 21.3. The Morgan fingerprint density at radius 2 is 1.69 bits per heavy atom. The second-order valence-corrected chi connectivity index (χ2v) is 9.70. The molecule has 39 heavy (non-hydrogen) atoms. The number of hydrogen-bond donors (Lipinski definition) is 1. The predicted molar refractivity (Wildman–Crippen MR) is 145 cm³/mol. The maximum absolute atomic E-state index is 13.8. The Bertz CT molecular complexity index is 1690. The number of fused-ring (bicyclic) bond motifs is 1. The molecule has 0 aliphatic carbocycles. The van der Waals surface area contributed by atoms with Crippen molar-refractivity contribution in [3.63, 3.8) is 0 Å². The summed E-state index contributed by atoms with van der Waals surface area (Å²) in [4.78, 5) is 36.7. The summed E-state index contributed by atoms with van der Waals surface area (Å²) in [5.41, 5.74) is 4.20. The molecule has 194 valence electrons. The van der Waals surface area contributed by atoms with Crippen molar-refractivity contribution in [2.75, 3.05) is 4.90 Å². The molecule has 1 aliphatic heterocycles. The number of nitrogens with one attached hydrogen (secondary N) is 1. The molecule has 1 aliphatic rings. The lowest BCUT2D eigenvalue weighted by Gasteiger charge is -2.29. The van der Waals surface area contributed by atoms with Crippen LogP contribution < -0.4 is 10.2 Å². The Morgan fingerprint density at radius 1 is 0.949 bits per heavy atom. The van der Waals surface area contributed by atoms with Crippen LogP contribution in [-0.2, 0) is 4.79 Å². The molecule has 8 nitrogen and oxygen atoms in total. The first kappa shape index (κ1) is 24.4. The number of benzene rings is 3. The lowest BCUT2D eigenvalue weighted by Crippen LogP contribution is -2.42. The Labute approximate surface area is 224 Å². The summed E-state index contributed by atoms with van der Waals surface area (Å²) in [5.74, 6) is -1.31. The van der Waals surface area contributed by atoms with E-state index in [9.17, 15) is 14.0 Å². The highest BCUT2D eigenvalue weighted by Crippen LogP contribution is 2.41. The molecule has 1 N–H and O–H groups in total. The number of rotatable bonds is 5. The first-order chi connectivity index (χ1) is 18.9. The van der Waals surface area contributed by atoms with E-state index < -0.39 is 23.9 Å². The van der Waals surface area contributed by atoms with Gasteiger partial charge in [-0.15, -0.1) is 0 Å². The quantitative estimate of drug-likeness (QED) is 0.360. The number of aryl methyl sites for hydroxylation is 1. The predicted octanol–water partition coefficient (Wildman–Crippen LogP) is 4.79. The highest BCUT2D eigenvalue weighted by molar-refractivity contribution is 6.02. The highest BCUT2D eigenvalue weighted by Gasteiger charge is 2.48. The van der Waals surface area contributed by atoms with Gasteiger partial charge in [0.15, 0.2) is 0 Å². The lowest BCUT2D eigenvalue weighted by molar-refractivity contribution is -0.120. The number of aromatic nitrogens is 4. The van der Waals surface area contributed by atoms with E-state index in [1.807, 2.05) is 56.3 Å². The molecule has 0 saturated carbocycles. The molecule has 5 aromatic rings. The fraction of sp³-hybridized carbons (Fsp3) is 0.167. The molecule has 0 spiro atoms. The van der Waals surface area contributed by atoms with Gasteiger partial charge >= 0.3 is 0 Å². The summed E-state index contributed by atoms with van der Waals surface area (Å²) in [7, 11) is 0. The molecule has 0 unspecified atom stereocenters. The molecule has 9 heteroatoms. The van der Waals surface area contributed by atoms with Gasteiger partial charge in [0, 0.05) is 23.5 Å². The van der Waals surface area contributed by atoms with E-state index in [2.05, 4.69) is 20.4 Å².